The van der Waals surface area contributed by atoms with Crippen molar-refractivity contribution in [2.75, 3.05) is 13.1 Å². The Morgan fingerprint density at radius 1 is 1.14 bits per heavy atom. The van der Waals surface area contributed by atoms with Crippen LogP contribution in [0, 0.1) is 5.92 Å². The maximum atomic E-state index is 12.4. The van der Waals surface area contributed by atoms with E-state index in [0.29, 0.717) is 13.0 Å². The predicted molar refractivity (Wildman–Crippen MR) is 97.4 cm³/mol. The van der Waals surface area contributed by atoms with E-state index in [0.717, 1.165) is 12.0 Å². The summed E-state index contributed by atoms with van der Waals surface area (Å²) in [5, 5.41) is 20.3. The Balaban J connectivity index is 1.76. The second-order valence-electron chi connectivity index (χ2n) is 6.60. The van der Waals surface area contributed by atoms with Crippen molar-refractivity contribution in [2.24, 2.45) is 5.92 Å². The van der Waals surface area contributed by atoms with Crippen LogP contribution in [0.3, 0.4) is 0 Å². The number of amides is 2. The first-order valence-electron chi connectivity index (χ1n) is 9.08. The van der Waals surface area contributed by atoms with Gasteiger partial charge >= 0.3 is 18.0 Å². The number of alkyl carbamates (subject to hydrolysis) is 1. The minimum Gasteiger partial charge on any atom is -0.481 e. The summed E-state index contributed by atoms with van der Waals surface area (Å²) in [5.41, 5.74) is 0.829. The van der Waals surface area contributed by atoms with Crippen molar-refractivity contribution in [2.45, 2.75) is 38.3 Å². The van der Waals surface area contributed by atoms with E-state index < -0.39 is 23.9 Å². The maximum absolute atomic E-state index is 12.4. The average Bonchev–Trinajstić information content (AvgIpc) is 3.13. The first-order chi connectivity index (χ1) is 13.4. The quantitative estimate of drug-likeness (QED) is 0.542. The van der Waals surface area contributed by atoms with Gasteiger partial charge in [-0.25, -0.2) is 4.79 Å². The van der Waals surface area contributed by atoms with E-state index in [1.165, 1.54) is 0 Å². The second-order valence-corrected chi connectivity index (χ2v) is 6.60. The van der Waals surface area contributed by atoms with Crippen LogP contribution in [0.15, 0.2) is 30.3 Å². The van der Waals surface area contributed by atoms with E-state index in [1.807, 2.05) is 30.3 Å². The fourth-order valence-electron chi connectivity index (χ4n) is 3.20. The molecule has 2 rings (SSSR count). The standard InChI is InChI=1S/C19H24N2O7/c22-16(11-20-19(27)28-12-13-5-2-1-3-6-13)21-10-4-7-14(21)8-9-15(17(23)24)18(25)26/h1-3,5-6,14-15H,4,7-12H2,(H,20,27)(H,23,24)(H,25,26). The monoisotopic (exact) mass is 392 g/mol. The number of hydrogen-bond acceptors (Lipinski definition) is 5. The Hall–Kier alpha value is -3.10. The SMILES string of the molecule is O=C(NCC(=O)N1CCCC1CCC(C(=O)O)C(=O)O)OCc1ccccc1. The third kappa shape index (κ3) is 6.26. The molecule has 0 saturated carbocycles. The Bertz CT molecular complexity index is 693. The number of nitrogens with one attached hydrogen (secondary N) is 1. The lowest BCUT2D eigenvalue weighted by Crippen LogP contribution is -2.43. The summed E-state index contributed by atoms with van der Waals surface area (Å²) < 4.78 is 5.05. The van der Waals surface area contributed by atoms with Crippen molar-refractivity contribution in [3.8, 4) is 0 Å². The Kier molecular flexibility index (Phi) is 7.79. The number of hydrogen-bond donors (Lipinski definition) is 3. The number of carbonyl (C=O) groups excluding carboxylic acids is 2. The molecule has 1 aliphatic heterocycles. The van der Waals surface area contributed by atoms with Gasteiger partial charge < -0.3 is 25.2 Å². The molecule has 0 aliphatic carbocycles. The van der Waals surface area contributed by atoms with Crippen molar-refractivity contribution in [1.82, 2.24) is 10.2 Å². The summed E-state index contributed by atoms with van der Waals surface area (Å²) in [6, 6.07) is 8.91. The minimum absolute atomic E-state index is 0.0499. The molecule has 0 bridgehead atoms. The first kappa shape index (κ1) is 21.2. The molecule has 1 saturated heterocycles. The van der Waals surface area contributed by atoms with E-state index in [9.17, 15) is 19.2 Å². The minimum atomic E-state index is -1.48. The molecule has 3 N–H and O–H groups in total. The zero-order chi connectivity index (χ0) is 20.5. The molecule has 1 fully saturated rings. The molecular weight excluding hydrogens is 368 g/mol. The molecule has 28 heavy (non-hydrogen) atoms. The molecule has 2 amide bonds. The summed E-state index contributed by atoms with van der Waals surface area (Å²) in [4.78, 5) is 47.6. The van der Waals surface area contributed by atoms with E-state index in [-0.39, 0.29) is 37.9 Å². The fraction of sp³-hybridized carbons (Fsp3) is 0.474. The summed E-state index contributed by atoms with van der Waals surface area (Å²) in [6.45, 7) is 0.361. The Morgan fingerprint density at radius 3 is 2.46 bits per heavy atom. The number of nitrogens with zero attached hydrogens (tertiary/aromatic N) is 1. The molecule has 0 aromatic heterocycles. The molecule has 1 unspecified atom stereocenters. The van der Waals surface area contributed by atoms with Gasteiger partial charge in [-0.15, -0.1) is 0 Å². The van der Waals surface area contributed by atoms with Gasteiger partial charge in [0.15, 0.2) is 5.92 Å². The molecule has 1 heterocycles. The molecule has 9 nitrogen and oxygen atoms in total. The Morgan fingerprint density at radius 2 is 1.82 bits per heavy atom. The van der Waals surface area contributed by atoms with Crippen molar-refractivity contribution in [3.63, 3.8) is 0 Å². The van der Waals surface area contributed by atoms with E-state index in [1.54, 1.807) is 4.90 Å². The lowest BCUT2D eigenvalue weighted by molar-refractivity contribution is -0.154. The van der Waals surface area contributed by atoms with Crippen LogP contribution in [0.1, 0.15) is 31.2 Å². The van der Waals surface area contributed by atoms with E-state index >= 15 is 0 Å². The van der Waals surface area contributed by atoms with E-state index in [4.69, 9.17) is 14.9 Å². The Labute approximate surface area is 162 Å². The molecule has 1 atom stereocenters. The molecule has 0 radical (unpaired) electrons. The van der Waals surface area contributed by atoms with Gasteiger partial charge in [0.1, 0.15) is 13.2 Å². The van der Waals surface area contributed by atoms with Gasteiger partial charge in [0.2, 0.25) is 5.91 Å². The highest BCUT2D eigenvalue weighted by atomic mass is 16.5. The van der Waals surface area contributed by atoms with Gasteiger partial charge in [-0.1, -0.05) is 30.3 Å². The normalized spacial score (nSPS) is 16.0. The number of ether oxygens (including phenoxy) is 1. The van der Waals surface area contributed by atoms with Gasteiger partial charge in [-0.2, -0.15) is 0 Å². The number of aliphatic carboxylic acids is 2. The highest BCUT2D eigenvalue weighted by Gasteiger charge is 2.32. The third-order valence-corrected chi connectivity index (χ3v) is 4.68. The summed E-state index contributed by atoms with van der Waals surface area (Å²) >= 11 is 0. The zero-order valence-electron chi connectivity index (χ0n) is 15.4. The van der Waals surface area contributed by atoms with Crippen LogP contribution in [-0.2, 0) is 25.7 Å². The number of benzene rings is 1. The predicted octanol–water partition coefficient (Wildman–Crippen LogP) is 1.47. The lowest BCUT2D eigenvalue weighted by Gasteiger charge is -2.25. The second kappa shape index (κ2) is 10.3. The third-order valence-electron chi connectivity index (χ3n) is 4.68. The topological polar surface area (TPSA) is 133 Å². The van der Waals surface area contributed by atoms with Crippen molar-refractivity contribution in [1.29, 1.82) is 0 Å². The average molecular weight is 392 g/mol. The van der Waals surface area contributed by atoms with Crippen LogP contribution in [0.4, 0.5) is 4.79 Å². The van der Waals surface area contributed by atoms with Crippen LogP contribution >= 0.6 is 0 Å². The van der Waals surface area contributed by atoms with Crippen molar-refractivity contribution >= 4 is 23.9 Å². The van der Waals surface area contributed by atoms with Crippen LogP contribution in [0.5, 0.6) is 0 Å². The maximum Gasteiger partial charge on any atom is 0.407 e. The zero-order valence-corrected chi connectivity index (χ0v) is 15.4. The van der Waals surface area contributed by atoms with Crippen molar-refractivity contribution < 1.29 is 34.1 Å². The van der Waals surface area contributed by atoms with Gasteiger partial charge in [0.25, 0.3) is 0 Å². The molecule has 1 aliphatic rings. The molecule has 1 aromatic rings. The molecule has 1 aromatic carbocycles. The number of carbonyl (C=O) groups is 4. The largest absolute Gasteiger partial charge is 0.481 e. The lowest BCUT2D eigenvalue weighted by atomic mass is 9.99. The van der Waals surface area contributed by atoms with Crippen LogP contribution in [-0.4, -0.2) is 58.2 Å². The van der Waals surface area contributed by atoms with Crippen LogP contribution in [0.2, 0.25) is 0 Å². The molecule has 9 heteroatoms. The summed E-state index contributed by atoms with van der Waals surface area (Å²) in [6.07, 6.45) is 0.958. The van der Waals surface area contributed by atoms with Gasteiger partial charge in [-0.05, 0) is 31.2 Å². The summed E-state index contributed by atoms with van der Waals surface area (Å²) in [5.74, 6) is -4.55. The van der Waals surface area contributed by atoms with Gasteiger partial charge in [-0.3, -0.25) is 14.4 Å². The fourth-order valence-corrected chi connectivity index (χ4v) is 3.20. The van der Waals surface area contributed by atoms with Gasteiger partial charge in [0, 0.05) is 12.6 Å². The highest BCUT2D eigenvalue weighted by Crippen LogP contribution is 2.23. The van der Waals surface area contributed by atoms with Crippen molar-refractivity contribution in [3.05, 3.63) is 35.9 Å². The molecule has 0 spiro atoms. The van der Waals surface area contributed by atoms with Crippen LogP contribution < -0.4 is 5.32 Å². The van der Waals surface area contributed by atoms with E-state index in [2.05, 4.69) is 5.32 Å². The number of carboxylic acids is 2. The molecule has 152 valence electrons. The number of rotatable bonds is 9. The molecular formula is C19H24N2O7. The number of likely N-dealkylation sites (tertiary alicyclic amines) is 1. The van der Waals surface area contributed by atoms with Gasteiger partial charge in [0.05, 0.1) is 0 Å². The number of carboxylic acid groups (broad SMARTS) is 2. The highest BCUT2D eigenvalue weighted by molar-refractivity contribution is 5.92. The smallest absolute Gasteiger partial charge is 0.407 e. The first-order valence-corrected chi connectivity index (χ1v) is 9.08. The summed E-state index contributed by atoms with van der Waals surface area (Å²) in [7, 11) is 0. The van der Waals surface area contributed by atoms with Crippen LogP contribution in [0.25, 0.3) is 0 Å².